The van der Waals surface area contributed by atoms with Gasteiger partial charge in [-0.25, -0.2) is 9.18 Å². The van der Waals surface area contributed by atoms with Gasteiger partial charge in [-0.05, 0) is 24.7 Å². The minimum Gasteiger partial charge on any atom is -0.491 e. The molecule has 0 unspecified atom stereocenters. The predicted molar refractivity (Wildman–Crippen MR) is 74.2 cm³/mol. The summed E-state index contributed by atoms with van der Waals surface area (Å²) in [4.78, 5) is 13.1. The number of hydrogen-bond donors (Lipinski definition) is 2. The molecule has 0 atom stereocenters. The van der Waals surface area contributed by atoms with Crippen molar-refractivity contribution in [2.75, 3.05) is 32.8 Å². The van der Waals surface area contributed by atoms with Gasteiger partial charge >= 0.3 is 6.03 Å². The summed E-state index contributed by atoms with van der Waals surface area (Å²) in [5.74, 6) is 0.385. The number of carbonyl (C=O) groups is 1. The minimum absolute atomic E-state index is 0.0550. The number of rotatable bonds is 7. The molecule has 2 N–H and O–H groups in total. The lowest BCUT2D eigenvalue weighted by Gasteiger charge is -2.16. The molecule has 5 nitrogen and oxygen atoms in total. The third-order valence-corrected chi connectivity index (χ3v) is 3.15. The second kappa shape index (κ2) is 7.09. The SMILES string of the molecule is CCNCc1cc(F)ccc1OCCN1CCNC1=O. The Labute approximate surface area is 118 Å². The monoisotopic (exact) mass is 281 g/mol. The molecule has 20 heavy (non-hydrogen) atoms. The molecule has 110 valence electrons. The van der Waals surface area contributed by atoms with Gasteiger partial charge < -0.3 is 20.3 Å². The summed E-state index contributed by atoms with van der Waals surface area (Å²) >= 11 is 0. The van der Waals surface area contributed by atoms with Crippen LogP contribution in [-0.4, -0.2) is 43.7 Å². The zero-order valence-corrected chi connectivity index (χ0v) is 11.6. The molecule has 2 amide bonds. The number of benzene rings is 1. The van der Waals surface area contributed by atoms with Crippen LogP contribution in [0.5, 0.6) is 5.75 Å². The number of hydrogen-bond acceptors (Lipinski definition) is 3. The molecule has 1 aromatic carbocycles. The summed E-state index contributed by atoms with van der Waals surface area (Å²) in [5, 5.41) is 5.89. The highest BCUT2D eigenvalue weighted by molar-refractivity contribution is 5.76. The normalized spacial score (nSPS) is 14.5. The molecule has 6 heteroatoms. The summed E-state index contributed by atoms with van der Waals surface area (Å²) in [5.41, 5.74) is 0.790. The summed E-state index contributed by atoms with van der Waals surface area (Å²) in [7, 11) is 0. The largest absolute Gasteiger partial charge is 0.491 e. The number of nitrogens with zero attached hydrogens (tertiary/aromatic N) is 1. The summed E-state index contributed by atoms with van der Waals surface area (Å²) in [6.07, 6.45) is 0. The molecule has 0 aromatic heterocycles. The standard InChI is InChI=1S/C14H20FN3O2/c1-2-16-10-11-9-12(15)3-4-13(11)20-8-7-18-6-5-17-14(18)19/h3-4,9,16H,2,5-8,10H2,1H3,(H,17,19). The van der Waals surface area contributed by atoms with E-state index in [4.69, 9.17) is 4.74 Å². The number of urea groups is 1. The first kappa shape index (κ1) is 14.6. The lowest BCUT2D eigenvalue weighted by Crippen LogP contribution is -2.32. The van der Waals surface area contributed by atoms with E-state index in [2.05, 4.69) is 10.6 Å². The van der Waals surface area contributed by atoms with Crippen LogP contribution in [0.2, 0.25) is 0 Å². The molecule has 0 saturated carbocycles. The summed E-state index contributed by atoms with van der Waals surface area (Å²) in [6, 6.07) is 4.43. The van der Waals surface area contributed by atoms with E-state index in [-0.39, 0.29) is 11.8 Å². The van der Waals surface area contributed by atoms with Crippen molar-refractivity contribution in [1.29, 1.82) is 0 Å². The molecule has 0 bridgehead atoms. The number of ether oxygens (including phenoxy) is 1. The van der Waals surface area contributed by atoms with Gasteiger partial charge in [-0.3, -0.25) is 0 Å². The molecule has 1 fully saturated rings. The molecule has 0 spiro atoms. The van der Waals surface area contributed by atoms with Gasteiger partial charge in [0.1, 0.15) is 18.2 Å². The second-order valence-corrected chi connectivity index (χ2v) is 4.60. The fraction of sp³-hybridized carbons (Fsp3) is 0.500. The van der Waals surface area contributed by atoms with Crippen LogP contribution in [-0.2, 0) is 6.54 Å². The van der Waals surface area contributed by atoms with Crippen molar-refractivity contribution in [2.45, 2.75) is 13.5 Å². The van der Waals surface area contributed by atoms with Crippen molar-refractivity contribution in [3.05, 3.63) is 29.6 Å². The Morgan fingerprint density at radius 3 is 3.05 bits per heavy atom. The van der Waals surface area contributed by atoms with E-state index >= 15 is 0 Å². The molecular formula is C14H20FN3O2. The first-order chi connectivity index (χ1) is 9.70. The fourth-order valence-electron chi connectivity index (χ4n) is 2.08. The van der Waals surface area contributed by atoms with Gasteiger partial charge in [-0.15, -0.1) is 0 Å². The van der Waals surface area contributed by atoms with E-state index in [1.807, 2.05) is 6.92 Å². The summed E-state index contributed by atoms with van der Waals surface area (Å²) < 4.78 is 18.9. The van der Waals surface area contributed by atoms with Crippen molar-refractivity contribution < 1.29 is 13.9 Å². The van der Waals surface area contributed by atoms with Crippen molar-refractivity contribution in [1.82, 2.24) is 15.5 Å². The van der Waals surface area contributed by atoms with Gasteiger partial charge in [0.05, 0.1) is 6.54 Å². The topological polar surface area (TPSA) is 53.6 Å². The lowest BCUT2D eigenvalue weighted by atomic mass is 10.2. The fourth-order valence-corrected chi connectivity index (χ4v) is 2.08. The van der Waals surface area contributed by atoms with Crippen LogP contribution in [0.4, 0.5) is 9.18 Å². The number of amides is 2. The second-order valence-electron chi connectivity index (χ2n) is 4.60. The highest BCUT2D eigenvalue weighted by Gasteiger charge is 2.18. The van der Waals surface area contributed by atoms with Crippen molar-refractivity contribution in [3.63, 3.8) is 0 Å². The summed E-state index contributed by atoms with van der Waals surface area (Å²) in [6.45, 7) is 5.68. The third-order valence-electron chi connectivity index (χ3n) is 3.15. The third kappa shape index (κ3) is 3.84. The Bertz CT molecular complexity index is 468. The molecular weight excluding hydrogens is 261 g/mol. The van der Waals surface area contributed by atoms with Crippen LogP contribution in [0.25, 0.3) is 0 Å². The molecule has 1 heterocycles. The Hall–Kier alpha value is -1.82. The number of halogens is 1. The first-order valence-electron chi connectivity index (χ1n) is 6.85. The molecule has 1 aliphatic rings. The Kier molecular flexibility index (Phi) is 5.17. The van der Waals surface area contributed by atoms with E-state index in [1.165, 1.54) is 12.1 Å². The van der Waals surface area contributed by atoms with Gasteiger partial charge in [0.2, 0.25) is 0 Å². The zero-order chi connectivity index (χ0) is 14.4. The Morgan fingerprint density at radius 1 is 1.50 bits per heavy atom. The quantitative estimate of drug-likeness (QED) is 0.793. The van der Waals surface area contributed by atoms with Gasteiger partial charge in [0.25, 0.3) is 0 Å². The highest BCUT2D eigenvalue weighted by Crippen LogP contribution is 2.19. The van der Waals surface area contributed by atoms with Crippen LogP contribution in [0.15, 0.2) is 18.2 Å². The van der Waals surface area contributed by atoms with Crippen molar-refractivity contribution >= 4 is 6.03 Å². The zero-order valence-electron chi connectivity index (χ0n) is 11.6. The molecule has 1 aliphatic heterocycles. The maximum absolute atomic E-state index is 13.2. The molecule has 1 saturated heterocycles. The van der Waals surface area contributed by atoms with E-state index < -0.39 is 0 Å². The first-order valence-corrected chi connectivity index (χ1v) is 6.85. The van der Waals surface area contributed by atoms with Crippen LogP contribution in [0, 0.1) is 5.82 Å². The average molecular weight is 281 g/mol. The van der Waals surface area contributed by atoms with Crippen molar-refractivity contribution in [2.24, 2.45) is 0 Å². The molecule has 1 aromatic rings. The lowest BCUT2D eigenvalue weighted by molar-refractivity contribution is 0.202. The van der Waals surface area contributed by atoms with Crippen molar-refractivity contribution in [3.8, 4) is 5.75 Å². The molecule has 0 radical (unpaired) electrons. The Morgan fingerprint density at radius 2 is 2.35 bits per heavy atom. The smallest absolute Gasteiger partial charge is 0.317 e. The van der Waals surface area contributed by atoms with Crippen LogP contribution in [0.3, 0.4) is 0 Å². The Balaban J connectivity index is 1.89. The van der Waals surface area contributed by atoms with Crippen LogP contribution < -0.4 is 15.4 Å². The number of nitrogens with one attached hydrogen (secondary N) is 2. The van der Waals surface area contributed by atoms with Crippen LogP contribution in [0.1, 0.15) is 12.5 Å². The average Bonchev–Trinajstić information content (AvgIpc) is 2.84. The molecule has 0 aliphatic carbocycles. The molecule has 2 rings (SSSR count). The predicted octanol–water partition coefficient (Wildman–Crippen LogP) is 1.34. The van der Waals surface area contributed by atoms with Gasteiger partial charge in [-0.2, -0.15) is 0 Å². The van der Waals surface area contributed by atoms with E-state index in [1.54, 1.807) is 11.0 Å². The van der Waals surface area contributed by atoms with Gasteiger partial charge in [0, 0.05) is 25.2 Å². The van der Waals surface area contributed by atoms with E-state index in [9.17, 15) is 9.18 Å². The number of carbonyl (C=O) groups excluding carboxylic acids is 1. The van der Waals surface area contributed by atoms with E-state index in [0.717, 1.165) is 12.1 Å². The van der Waals surface area contributed by atoms with Gasteiger partial charge in [0.15, 0.2) is 0 Å². The maximum Gasteiger partial charge on any atom is 0.317 e. The van der Waals surface area contributed by atoms with E-state index in [0.29, 0.717) is 38.5 Å². The highest BCUT2D eigenvalue weighted by atomic mass is 19.1. The van der Waals surface area contributed by atoms with Gasteiger partial charge in [-0.1, -0.05) is 6.92 Å². The minimum atomic E-state index is -0.274. The maximum atomic E-state index is 13.2. The van der Waals surface area contributed by atoms with Crippen LogP contribution >= 0.6 is 0 Å².